The van der Waals surface area contributed by atoms with Gasteiger partial charge in [0, 0.05) is 31.4 Å². The highest BCUT2D eigenvalue weighted by Gasteiger charge is 2.30. The molecule has 212 valence electrons. The van der Waals surface area contributed by atoms with Gasteiger partial charge in [0.25, 0.3) is 0 Å². The molecular formula is C30H30ClFN6O3. The Labute approximate surface area is 241 Å². The predicted molar refractivity (Wildman–Crippen MR) is 157 cm³/mol. The van der Waals surface area contributed by atoms with Crippen molar-refractivity contribution in [3.8, 4) is 22.8 Å². The number of piperazine rings is 1. The fourth-order valence-electron chi connectivity index (χ4n) is 5.27. The van der Waals surface area contributed by atoms with Crippen LogP contribution in [0.2, 0.25) is 5.02 Å². The largest absolute Gasteiger partial charge is 0.507 e. The number of pyridine rings is 2. The van der Waals surface area contributed by atoms with Crippen LogP contribution in [-0.2, 0) is 11.2 Å². The highest BCUT2D eigenvalue weighted by atomic mass is 35.5. The van der Waals surface area contributed by atoms with E-state index in [0.29, 0.717) is 48.8 Å². The third-order valence-corrected chi connectivity index (χ3v) is 7.53. The van der Waals surface area contributed by atoms with Gasteiger partial charge in [-0.1, -0.05) is 43.7 Å². The van der Waals surface area contributed by atoms with Crippen molar-refractivity contribution in [1.29, 1.82) is 0 Å². The zero-order valence-electron chi connectivity index (χ0n) is 23.1. The Hall–Kier alpha value is -4.31. The maximum Gasteiger partial charge on any atom is 0.357 e. The van der Waals surface area contributed by atoms with Crippen LogP contribution in [0.15, 0.2) is 53.8 Å². The van der Waals surface area contributed by atoms with E-state index in [0.717, 1.165) is 12.0 Å². The summed E-state index contributed by atoms with van der Waals surface area (Å²) in [6, 6.07) is 9.13. The molecule has 3 aromatic heterocycles. The number of rotatable bonds is 6. The molecule has 0 unspecified atom stereocenters. The molecule has 4 heterocycles. The molecule has 0 radical (unpaired) electrons. The molecule has 1 aliphatic heterocycles. The number of halogens is 2. The van der Waals surface area contributed by atoms with Gasteiger partial charge >= 0.3 is 5.69 Å². The number of fused-ring (bicyclic) bond motifs is 1. The summed E-state index contributed by atoms with van der Waals surface area (Å²) in [5, 5.41) is 11.1. The van der Waals surface area contributed by atoms with Gasteiger partial charge in [0.15, 0.2) is 5.65 Å². The minimum atomic E-state index is -0.709. The van der Waals surface area contributed by atoms with Gasteiger partial charge in [-0.15, -0.1) is 0 Å². The molecule has 1 amide bonds. The van der Waals surface area contributed by atoms with E-state index in [2.05, 4.69) is 16.5 Å². The smallest absolute Gasteiger partial charge is 0.357 e. The van der Waals surface area contributed by atoms with Gasteiger partial charge in [-0.05, 0) is 56.2 Å². The first-order valence-electron chi connectivity index (χ1n) is 13.4. The number of hydrogen-bond donors (Lipinski definition) is 1. The molecule has 1 fully saturated rings. The Balaban J connectivity index is 1.81. The molecule has 1 atom stereocenters. The Morgan fingerprint density at radius 2 is 1.98 bits per heavy atom. The number of nitrogens with zero attached hydrogens (tertiary/aromatic N) is 6. The third-order valence-electron chi connectivity index (χ3n) is 7.24. The lowest BCUT2D eigenvalue weighted by atomic mass is 10.1. The van der Waals surface area contributed by atoms with Crippen molar-refractivity contribution < 1.29 is 14.3 Å². The average molecular weight is 577 g/mol. The third kappa shape index (κ3) is 5.15. The SMILES string of the molecule is C=CC(=O)N1CCN(c2nc(=O)n(-c3nc(C)ccc3CCC)c3nc(-c4c(O)cccc4F)c(Cl)cc23)[C@@H](C)C1. The van der Waals surface area contributed by atoms with E-state index in [1.165, 1.54) is 28.8 Å². The first-order valence-corrected chi connectivity index (χ1v) is 13.8. The van der Waals surface area contributed by atoms with Gasteiger partial charge in [-0.3, -0.25) is 4.79 Å². The summed E-state index contributed by atoms with van der Waals surface area (Å²) in [4.78, 5) is 43.6. The van der Waals surface area contributed by atoms with Crippen LogP contribution >= 0.6 is 11.6 Å². The van der Waals surface area contributed by atoms with E-state index < -0.39 is 11.5 Å². The molecule has 0 saturated carbocycles. The number of aromatic nitrogens is 4. The van der Waals surface area contributed by atoms with Crippen LogP contribution in [0.4, 0.5) is 10.2 Å². The fourth-order valence-corrected chi connectivity index (χ4v) is 5.52. The second-order valence-electron chi connectivity index (χ2n) is 10.1. The lowest BCUT2D eigenvalue weighted by Crippen LogP contribution is -2.54. The maximum atomic E-state index is 15.0. The van der Waals surface area contributed by atoms with Crippen molar-refractivity contribution in [2.24, 2.45) is 0 Å². The molecule has 0 spiro atoms. The van der Waals surface area contributed by atoms with Crippen LogP contribution in [0, 0.1) is 12.7 Å². The predicted octanol–water partition coefficient (Wildman–Crippen LogP) is 4.82. The number of phenols is 1. The van der Waals surface area contributed by atoms with Gasteiger partial charge in [0.2, 0.25) is 5.91 Å². The average Bonchev–Trinajstić information content (AvgIpc) is 2.94. The monoisotopic (exact) mass is 576 g/mol. The van der Waals surface area contributed by atoms with Gasteiger partial charge < -0.3 is 14.9 Å². The van der Waals surface area contributed by atoms with Crippen molar-refractivity contribution >= 4 is 34.4 Å². The number of hydrogen-bond acceptors (Lipinski definition) is 7. The minimum Gasteiger partial charge on any atom is -0.507 e. The molecule has 1 aromatic carbocycles. The first kappa shape index (κ1) is 28.2. The molecule has 1 N–H and O–H groups in total. The summed E-state index contributed by atoms with van der Waals surface area (Å²) in [5.74, 6) is -0.479. The number of carbonyl (C=O) groups excluding carboxylic acids is 1. The lowest BCUT2D eigenvalue weighted by molar-refractivity contribution is -0.126. The molecule has 9 nitrogen and oxygen atoms in total. The Morgan fingerprint density at radius 1 is 1.20 bits per heavy atom. The van der Waals surface area contributed by atoms with E-state index >= 15 is 0 Å². The molecule has 5 rings (SSSR count). The van der Waals surface area contributed by atoms with Gasteiger partial charge in [-0.25, -0.2) is 23.7 Å². The molecular weight excluding hydrogens is 547 g/mol. The second-order valence-corrected chi connectivity index (χ2v) is 10.5. The standard InChI is InChI=1S/C30H30ClFN6O3/c1-5-8-19-12-11-17(3)33-27(19)38-29-20(15-21(31)26(34-29)25-22(32)9-7-10-23(25)39)28(35-30(38)41)37-14-13-36(16-18(37)4)24(40)6-2/h6-7,9-12,15,18,39H,2,5,8,13-14,16H2,1,3-4H3/t18-/m0/s1. The molecule has 41 heavy (non-hydrogen) atoms. The molecule has 11 heteroatoms. The number of aryl methyl sites for hydroxylation is 2. The minimum absolute atomic E-state index is 0.0146. The van der Waals surface area contributed by atoms with Crippen molar-refractivity contribution in [3.05, 3.63) is 81.6 Å². The number of aromatic hydroxyl groups is 1. The van der Waals surface area contributed by atoms with Crippen molar-refractivity contribution in [3.63, 3.8) is 0 Å². The van der Waals surface area contributed by atoms with Crippen LogP contribution in [0.25, 0.3) is 28.1 Å². The van der Waals surface area contributed by atoms with E-state index in [1.54, 1.807) is 11.0 Å². The van der Waals surface area contributed by atoms with Crippen LogP contribution in [0.1, 0.15) is 31.5 Å². The Bertz CT molecular complexity index is 1720. The van der Waals surface area contributed by atoms with Crippen molar-refractivity contribution in [2.45, 2.75) is 39.7 Å². The highest BCUT2D eigenvalue weighted by Crippen LogP contribution is 2.38. The number of benzene rings is 1. The van der Waals surface area contributed by atoms with Crippen LogP contribution in [0.5, 0.6) is 5.75 Å². The van der Waals surface area contributed by atoms with Gasteiger partial charge in [0.1, 0.15) is 23.2 Å². The number of anilines is 1. The molecule has 0 bridgehead atoms. The quantitative estimate of drug-likeness (QED) is 0.328. The number of phenolic OH excluding ortho intramolecular Hbond substituents is 1. The normalized spacial score (nSPS) is 15.4. The molecule has 1 aliphatic rings. The highest BCUT2D eigenvalue weighted by molar-refractivity contribution is 6.34. The van der Waals surface area contributed by atoms with Crippen molar-refractivity contribution in [2.75, 3.05) is 24.5 Å². The number of amides is 1. The summed E-state index contributed by atoms with van der Waals surface area (Å²) in [6.45, 7) is 10.6. The van der Waals surface area contributed by atoms with Gasteiger partial charge in [-0.2, -0.15) is 4.98 Å². The first-order chi connectivity index (χ1) is 19.6. The summed E-state index contributed by atoms with van der Waals surface area (Å²) in [7, 11) is 0. The summed E-state index contributed by atoms with van der Waals surface area (Å²) in [6.07, 6.45) is 2.75. The molecule has 4 aromatic rings. The molecule has 1 saturated heterocycles. The van der Waals surface area contributed by atoms with Crippen LogP contribution in [-0.4, -0.2) is 61.1 Å². The van der Waals surface area contributed by atoms with Crippen LogP contribution < -0.4 is 10.6 Å². The van der Waals surface area contributed by atoms with Gasteiger partial charge in [0.05, 0.1) is 21.7 Å². The maximum absolute atomic E-state index is 15.0. The number of carbonyl (C=O) groups is 1. The summed E-state index contributed by atoms with van der Waals surface area (Å²) < 4.78 is 16.3. The van der Waals surface area contributed by atoms with E-state index in [9.17, 15) is 19.1 Å². The Morgan fingerprint density at radius 3 is 2.66 bits per heavy atom. The lowest BCUT2D eigenvalue weighted by Gasteiger charge is -2.40. The molecule has 0 aliphatic carbocycles. The Kier molecular flexibility index (Phi) is 7.77. The zero-order valence-corrected chi connectivity index (χ0v) is 23.8. The second kappa shape index (κ2) is 11.3. The summed E-state index contributed by atoms with van der Waals surface area (Å²) in [5.41, 5.74) is 0.897. The van der Waals surface area contributed by atoms with E-state index in [-0.39, 0.29) is 39.6 Å². The topological polar surface area (TPSA) is 104 Å². The van der Waals surface area contributed by atoms with E-state index in [1.807, 2.05) is 37.8 Å². The van der Waals surface area contributed by atoms with Crippen LogP contribution in [0.3, 0.4) is 0 Å². The van der Waals surface area contributed by atoms with Crippen molar-refractivity contribution in [1.82, 2.24) is 24.4 Å². The summed E-state index contributed by atoms with van der Waals surface area (Å²) >= 11 is 6.70. The van der Waals surface area contributed by atoms with E-state index in [4.69, 9.17) is 16.6 Å². The fraction of sp³-hybridized carbons (Fsp3) is 0.300. The zero-order chi connectivity index (χ0) is 29.4.